The van der Waals surface area contributed by atoms with Crippen LogP contribution in [0.3, 0.4) is 0 Å². The zero-order chi connectivity index (χ0) is 13.8. The van der Waals surface area contributed by atoms with E-state index in [9.17, 15) is 4.79 Å². The number of hydrogen-bond acceptors (Lipinski definition) is 3. The lowest BCUT2D eigenvalue weighted by molar-refractivity contribution is -0.121. The minimum Gasteiger partial charge on any atom is -0.380 e. The van der Waals surface area contributed by atoms with Gasteiger partial charge < -0.3 is 15.4 Å². The molecule has 18 heavy (non-hydrogen) atoms. The predicted octanol–water partition coefficient (Wildman–Crippen LogP) is 1.94. The summed E-state index contributed by atoms with van der Waals surface area (Å²) in [5.74, 6) is 0.793. The largest absolute Gasteiger partial charge is 0.380 e. The number of carbonyl (C=O) groups is 1. The Morgan fingerprint density at radius 3 is 2.44 bits per heavy atom. The Bertz CT molecular complexity index is 206. The molecule has 0 saturated heterocycles. The molecule has 0 unspecified atom stereocenters. The Labute approximate surface area is 112 Å². The van der Waals surface area contributed by atoms with Gasteiger partial charge in [-0.15, -0.1) is 0 Å². The summed E-state index contributed by atoms with van der Waals surface area (Å²) in [6.45, 7) is 11.5. The molecule has 1 amide bonds. The SMILES string of the molecule is CC(C)CCOCCNC(=O)CCCNC(C)C. The van der Waals surface area contributed by atoms with Gasteiger partial charge in [-0.3, -0.25) is 4.79 Å². The van der Waals surface area contributed by atoms with Crippen molar-refractivity contribution in [1.29, 1.82) is 0 Å². The van der Waals surface area contributed by atoms with Gasteiger partial charge in [-0.1, -0.05) is 27.7 Å². The van der Waals surface area contributed by atoms with Crippen molar-refractivity contribution in [3.63, 3.8) is 0 Å². The second-order valence-electron chi connectivity index (χ2n) is 5.36. The van der Waals surface area contributed by atoms with E-state index < -0.39 is 0 Å². The molecule has 2 N–H and O–H groups in total. The molecule has 0 heterocycles. The monoisotopic (exact) mass is 258 g/mol. The normalized spacial score (nSPS) is 11.2. The average molecular weight is 258 g/mol. The zero-order valence-electron chi connectivity index (χ0n) is 12.4. The van der Waals surface area contributed by atoms with Crippen LogP contribution in [0.25, 0.3) is 0 Å². The number of rotatable bonds is 11. The molecule has 0 aliphatic carbocycles. The maximum Gasteiger partial charge on any atom is 0.220 e. The fraction of sp³-hybridized carbons (Fsp3) is 0.929. The standard InChI is InChI=1S/C14H30N2O2/c1-12(2)7-10-18-11-9-16-14(17)6-5-8-15-13(3)4/h12-13,15H,5-11H2,1-4H3,(H,16,17). The van der Waals surface area contributed by atoms with Crippen LogP contribution in [0.15, 0.2) is 0 Å². The van der Waals surface area contributed by atoms with Gasteiger partial charge in [0, 0.05) is 25.6 Å². The molecule has 0 saturated carbocycles. The van der Waals surface area contributed by atoms with Crippen molar-refractivity contribution in [3.05, 3.63) is 0 Å². The van der Waals surface area contributed by atoms with Gasteiger partial charge in [0.2, 0.25) is 5.91 Å². The summed E-state index contributed by atoms with van der Waals surface area (Å²) in [7, 11) is 0. The van der Waals surface area contributed by atoms with Gasteiger partial charge in [0.1, 0.15) is 0 Å². The van der Waals surface area contributed by atoms with Crippen LogP contribution in [-0.4, -0.2) is 38.3 Å². The summed E-state index contributed by atoms with van der Waals surface area (Å²) < 4.78 is 5.42. The Kier molecular flexibility index (Phi) is 11.1. The van der Waals surface area contributed by atoms with Crippen LogP contribution < -0.4 is 10.6 Å². The fourth-order valence-electron chi connectivity index (χ4n) is 1.41. The first kappa shape index (κ1) is 17.4. The molecule has 0 aromatic heterocycles. The molecule has 108 valence electrons. The highest BCUT2D eigenvalue weighted by Crippen LogP contribution is 1.98. The van der Waals surface area contributed by atoms with Crippen molar-refractivity contribution in [2.75, 3.05) is 26.3 Å². The van der Waals surface area contributed by atoms with Gasteiger partial charge in [-0.2, -0.15) is 0 Å². The molecule has 0 aromatic carbocycles. The van der Waals surface area contributed by atoms with Crippen molar-refractivity contribution in [2.24, 2.45) is 5.92 Å². The van der Waals surface area contributed by atoms with E-state index in [1.165, 1.54) is 0 Å². The minimum atomic E-state index is 0.119. The van der Waals surface area contributed by atoms with Gasteiger partial charge in [0.25, 0.3) is 0 Å². The summed E-state index contributed by atoms with van der Waals surface area (Å²) in [6, 6.07) is 0.488. The van der Waals surface area contributed by atoms with E-state index in [-0.39, 0.29) is 5.91 Å². The Balaban J connectivity index is 3.22. The number of nitrogens with one attached hydrogen (secondary N) is 2. The molecule has 0 rings (SSSR count). The molecule has 4 heteroatoms. The van der Waals surface area contributed by atoms with Crippen molar-refractivity contribution >= 4 is 5.91 Å². The van der Waals surface area contributed by atoms with Crippen LogP contribution in [-0.2, 0) is 9.53 Å². The Hall–Kier alpha value is -0.610. The highest BCUT2D eigenvalue weighted by atomic mass is 16.5. The lowest BCUT2D eigenvalue weighted by Crippen LogP contribution is -2.29. The third-order valence-electron chi connectivity index (χ3n) is 2.54. The van der Waals surface area contributed by atoms with E-state index in [4.69, 9.17) is 4.74 Å². The molecule has 0 fully saturated rings. The van der Waals surface area contributed by atoms with Gasteiger partial charge in [0.15, 0.2) is 0 Å². The highest BCUT2D eigenvalue weighted by molar-refractivity contribution is 5.75. The molecule has 0 radical (unpaired) electrons. The Morgan fingerprint density at radius 2 is 1.83 bits per heavy atom. The maximum atomic E-state index is 11.4. The number of hydrogen-bond donors (Lipinski definition) is 2. The topological polar surface area (TPSA) is 50.4 Å². The second kappa shape index (κ2) is 11.5. The lowest BCUT2D eigenvalue weighted by Gasteiger charge is -2.09. The lowest BCUT2D eigenvalue weighted by atomic mass is 10.1. The maximum absolute atomic E-state index is 11.4. The van der Waals surface area contributed by atoms with Gasteiger partial charge >= 0.3 is 0 Å². The zero-order valence-corrected chi connectivity index (χ0v) is 12.4. The van der Waals surface area contributed by atoms with Crippen LogP contribution in [0.4, 0.5) is 0 Å². The van der Waals surface area contributed by atoms with Crippen LogP contribution in [0, 0.1) is 5.92 Å². The van der Waals surface area contributed by atoms with Crippen LogP contribution in [0.5, 0.6) is 0 Å². The molecular weight excluding hydrogens is 228 g/mol. The molecule has 0 spiro atoms. The Morgan fingerprint density at radius 1 is 1.11 bits per heavy atom. The number of amides is 1. The smallest absolute Gasteiger partial charge is 0.220 e. The number of ether oxygens (including phenoxy) is 1. The first-order valence-electron chi connectivity index (χ1n) is 7.10. The van der Waals surface area contributed by atoms with Gasteiger partial charge in [0.05, 0.1) is 6.61 Å². The molecule has 0 aromatic rings. The first-order chi connectivity index (χ1) is 8.52. The molecule has 0 bridgehead atoms. The fourth-order valence-corrected chi connectivity index (χ4v) is 1.41. The van der Waals surface area contributed by atoms with Crippen molar-refractivity contribution in [3.8, 4) is 0 Å². The summed E-state index contributed by atoms with van der Waals surface area (Å²) >= 11 is 0. The number of carbonyl (C=O) groups excluding carboxylic acids is 1. The second-order valence-corrected chi connectivity index (χ2v) is 5.36. The summed E-state index contributed by atoms with van der Waals surface area (Å²) in [6.07, 6.45) is 2.55. The van der Waals surface area contributed by atoms with Crippen molar-refractivity contribution < 1.29 is 9.53 Å². The minimum absolute atomic E-state index is 0.119. The van der Waals surface area contributed by atoms with Crippen LogP contribution >= 0.6 is 0 Å². The summed E-state index contributed by atoms with van der Waals surface area (Å²) in [4.78, 5) is 11.4. The van der Waals surface area contributed by atoms with Crippen molar-refractivity contribution in [2.45, 2.75) is 53.0 Å². The van der Waals surface area contributed by atoms with E-state index >= 15 is 0 Å². The molecule has 0 aliphatic rings. The molecular formula is C14H30N2O2. The molecule has 0 aliphatic heterocycles. The molecule has 4 nitrogen and oxygen atoms in total. The van der Waals surface area contributed by atoms with Gasteiger partial charge in [-0.05, 0) is 25.3 Å². The van der Waals surface area contributed by atoms with Crippen molar-refractivity contribution in [1.82, 2.24) is 10.6 Å². The van der Waals surface area contributed by atoms with Gasteiger partial charge in [-0.25, -0.2) is 0 Å². The average Bonchev–Trinajstić information content (AvgIpc) is 2.28. The third-order valence-corrected chi connectivity index (χ3v) is 2.54. The van der Waals surface area contributed by atoms with E-state index in [0.717, 1.165) is 26.0 Å². The van der Waals surface area contributed by atoms with E-state index in [2.05, 4.69) is 38.3 Å². The predicted molar refractivity (Wildman–Crippen MR) is 75.7 cm³/mol. The van der Waals surface area contributed by atoms with E-state index in [1.807, 2.05) is 0 Å². The van der Waals surface area contributed by atoms with Crippen LogP contribution in [0.1, 0.15) is 47.0 Å². The van der Waals surface area contributed by atoms with E-state index in [0.29, 0.717) is 31.5 Å². The summed E-state index contributed by atoms with van der Waals surface area (Å²) in [5.41, 5.74) is 0. The quantitative estimate of drug-likeness (QED) is 0.557. The van der Waals surface area contributed by atoms with Crippen LogP contribution in [0.2, 0.25) is 0 Å². The third kappa shape index (κ3) is 13.5. The summed E-state index contributed by atoms with van der Waals surface area (Å²) in [5, 5.41) is 6.16. The molecule has 0 atom stereocenters. The first-order valence-corrected chi connectivity index (χ1v) is 7.10. The van der Waals surface area contributed by atoms with E-state index in [1.54, 1.807) is 0 Å². The highest BCUT2D eigenvalue weighted by Gasteiger charge is 2.01.